The smallest absolute Gasteiger partial charge is 0.133 e. The monoisotopic (exact) mass is 329 g/mol. The van der Waals surface area contributed by atoms with Crippen LogP contribution in [-0.4, -0.2) is 29.5 Å². The maximum Gasteiger partial charge on any atom is 0.133 e. The third-order valence-electron chi connectivity index (χ3n) is 3.79. The lowest BCUT2D eigenvalue weighted by Crippen LogP contribution is -2.30. The van der Waals surface area contributed by atoms with Gasteiger partial charge in [-0.05, 0) is 36.4 Å². The number of hydrogen-bond acceptors (Lipinski definition) is 5. The molecule has 3 rings (SSSR count). The lowest BCUT2D eigenvalue weighted by atomic mass is 9.90. The number of nitrogens with two attached hydrogens (primary N) is 1. The van der Waals surface area contributed by atoms with Crippen LogP contribution >= 0.6 is 35.1 Å². The van der Waals surface area contributed by atoms with E-state index < -0.39 is 0 Å². The molecule has 0 bridgehead atoms. The van der Waals surface area contributed by atoms with Crippen LogP contribution in [0.15, 0.2) is 23.7 Å². The van der Waals surface area contributed by atoms with Crippen molar-refractivity contribution in [2.75, 3.05) is 19.6 Å². The van der Waals surface area contributed by atoms with Gasteiger partial charge in [-0.25, -0.2) is 4.98 Å². The Morgan fingerprint density at radius 3 is 3.00 bits per heavy atom. The molecule has 0 spiro atoms. The molecule has 1 aliphatic heterocycles. The van der Waals surface area contributed by atoms with Crippen LogP contribution in [0.25, 0.3) is 9.88 Å². The van der Waals surface area contributed by atoms with Gasteiger partial charge in [-0.15, -0.1) is 35.1 Å². The minimum absolute atomic E-state index is 0. The molecule has 0 saturated carbocycles. The zero-order valence-electron chi connectivity index (χ0n) is 11.5. The van der Waals surface area contributed by atoms with E-state index in [1.54, 1.807) is 11.3 Å². The molecule has 2 N–H and O–H groups in total. The van der Waals surface area contributed by atoms with Gasteiger partial charge in [0, 0.05) is 24.2 Å². The molecule has 1 aliphatic rings. The Balaban J connectivity index is 0.00000147. The molecule has 0 aliphatic carbocycles. The lowest BCUT2D eigenvalue weighted by Gasteiger charge is -2.22. The van der Waals surface area contributed by atoms with E-state index in [0.29, 0.717) is 5.41 Å². The van der Waals surface area contributed by atoms with E-state index >= 15 is 0 Å². The standard InChI is InChI=1S/C14H19N3S2.ClH/c1-14(9-15)4-5-17(10-14)8-11-7-16-13(19-11)12-3-2-6-18-12;/h2-3,6-7H,4-5,8-10,15H2,1H3;1H. The summed E-state index contributed by atoms with van der Waals surface area (Å²) in [6.45, 7) is 6.34. The van der Waals surface area contributed by atoms with Crippen molar-refractivity contribution in [3.05, 3.63) is 28.6 Å². The van der Waals surface area contributed by atoms with Gasteiger partial charge < -0.3 is 5.73 Å². The molecule has 1 unspecified atom stereocenters. The quantitative estimate of drug-likeness (QED) is 0.934. The average molecular weight is 330 g/mol. The maximum absolute atomic E-state index is 5.86. The molecule has 0 aromatic carbocycles. The van der Waals surface area contributed by atoms with Gasteiger partial charge in [0.1, 0.15) is 5.01 Å². The van der Waals surface area contributed by atoms with E-state index in [1.165, 1.54) is 16.2 Å². The number of nitrogens with zero attached hydrogens (tertiary/aromatic N) is 2. The SMILES string of the molecule is CC1(CN)CCN(Cc2cnc(-c3cccs3)s2)C1.Cl. The van der Waals surface area contributed by atoms with Crippen LogP contribution in [0.1, 0.15) is 18.2 Å². The predicted octanol–water partition coefficient (Wildman–Crippen LogP) is 3.46. The summed E-state index contributed by atoms with van der Waals surface area (Å²) < 4.78 is 0. The minimum Gasteiger partial charge on any atom is -0.330 e. The molecule has 1 fully saturated rings. The number of halogens is 1. The van der Waals surface area contributed by atoms with Gasteiger partial charge in [0.2, 0.25) is 0 Å². The highest BCUT2D eigenvalue weighted by Gasteiger charge is 2.32. The van der Waals surface area contributed by atoms with Gasteiger partial charge in [0.25, 0.3) is 0 Å². The summed E-state index contributed by atoms with van der Waals surface area (Å²) in [4.78, 5) is 9.65. The zero-order valence-corrected chi connectivity index (χ0v) is 14.0. The molecule has 0 amide bonds. The van der Waals surface area contributed by atoms with Crippen LogP contribution in [0.3, 0.4) is 0 Å². The van der Waals surface area contributed by atoms with Gasteiger partial charge in [0.05, 0.1) is 4.88 Å². The second-order valence-corrected chi connectivity index (χ2v) is 7.65. The van der Waals surface area contributed by atoms with Crippen LogP contribution in [0, 0.1) is 5.41 Å². The Kier molecular flexibility index (Phi) is 5.20. The molecule has 3 heterocycles. The third-order valence-corrected chi connectivity index (χ3v) is 5.82. The fraction of sp³-hybridized carbons (Fsp3) is 0.500. The fourth-order valence-electron chi connectivity index (χ4n) is 2.54. The van der Waals surface area contributed by atoms with Crippen molar-refractivity contribution >= 4 is 35.1 Å². The fourth-order valence-corrected chi connectivity index (χ4v) is 4.30. The summed E-state index contributed by atoms with van der Waals surface area (Å²) in [6.07, 6.45) is 3.23. The predicted molar refractivity (Wildman–Crippen MR) is 89.7 cm³/mol. The molecule has 110 valence electrons. The number of thiazole rings is 1. The molecule has 2 aromatic rings. The highest BCUT2D eigenvalue weighted by atomic mass is 35.5. The summed E-state index contributed by atoms with van der Waals surface area (Å²) in [5, 5.41) is 3.25. The highest BCUT2D eigenvalue weighted by molar-refractivity contribution is 7.20. The van der Waals surface area contributed by atoms with E-state index in [4.69, 9.17) is 5.73 Å². The van der Waals surface area contributed by atoms with E-state index in [1.807, 2.05) is 17.5 Å². The van der Waals surface area contributed by atoms with Gasteiger partial charge >= 0.3 is 0 Å². The van der Waals surface area contributed by atoms with Gasteiger partial charge in [-0.2, -0.15) is 0 Å². The second kappa shape index (κ2) is 6.54. The Hall–Kier alpha value is -0.460. The van der Waals surface area contributed by atoms with Crippen molar-refractivity contribution in [2.45, 2.75) is 19.9 Å². The molecular weight excluding hydrogens is 310 g/mol. The van der Waals surface area contributed by atoms with Crippen LogP contribution in [0.5, 0.6) is 0 Å². The first-order valence-corrected chi connectivity index (χ1v) is 8.29. The molecular formula is C14H20ClN3S2. The first kappa shape index (κ1) is 15.9. The third kappa shape index (κ3) is 3.40. The lowest BCUT2D eigenvalue weighted by molar-refractivity contribution is 0.276. The first-order valence-electron chi connectivity index (χ1n) is 6.60. The van der Waals surface area contributed by atoms with Gasteiger partial charge in [0.15, 0.2) is 0 Å². The number of rotatable bonds is 4. The normalized spacial score (nSPS) is 22.9. The highest BCUT2D eigenvalue weighted by Crippen LogP contribution is 2.32. The maximum atomic E-state index is 5.86. The van der Waals surface area contributed by atoms with E-state index in [2.05, 4.69) is 34.3 Å². The van der Waals surface area contributed by atoms with E-state index in [9.17, 15) is 0 Å². The van der Waals surface area contributed by atoms with Crippen molar-refractivity contribution < 1.29 is 0 Å². The van der Waals surface area contributed by atoms with Crippen LogP contribution in [0.4, 0.5) is 0 Å². The number of likely N-dealkylation sites (tertiary alicyclic amines) is 1. The van der Waals surface area contributed by atoms with Gasteiger partial charge in [-0.3, -0.25) is 4.90 Å². The molecule has 1 saturated heterocycles. The number of thiophene rings is 1. The van der Waals surface area contributed by atoms with Crippen molar-refractivity contribution in [3.8, 4) is 9.88 Å². The molecule has 3 nitrogen and oxygen atoms in total. The number of aromatic nitrogens is 1. The summed E-state index contributed by atoms with van der Waals surface area (Å²) >= 11 is 3.56. The topological polar surface area (TPSA) is 42.1 Å². The molecule has 6 heteroatoms. The first-order chi connectivity index (χ1) is 9.18. The van der Waals surface area contributed by atoms with Crippen molar-refractivity contribution in [2.24, 2.45) is 11.1 Å². The Bertz CT molecular complexity index is 540. The molecule has 2 aromatic heterocycles. The molecule has 20 heavy (non-hydrogen) atoms. The van der Waals surface area contributed by atoms with Crippen molar-refractivity contribution in [3.63, 3.8) is 0 Å². The Labute approximate surface area is 134 Å². The summed E-state index contributed by atoms with van der Waals surface area (Å²) in [7, 11) is 0. The van der Waals surface area contributed by atoms with Crippen molar-refractivity contribution in [1.29, 1.82) is 0 Å². The summed E-state index contributed by atoms with van der Waals surface area (Å²) in [5.74, 6) is 0. The largest absolute Gasteiger partial charge is 0.330 e. The molecule has 0 radical (unpaired) electrons. The minimum atomic E-state index is 0. The second-order valence-electron chi connectivity index (χ2n) is 5.58. The Morgan fingerprint density at radius 1 is 1.50 bits per heavy atom. The van der Waals surface area contributed by atoms with Crippen LogP contribution < -0.4 is 5.73 Å². The zero-order chi connectivity index (χ0) is 13.3. The molecule has 1 atom stereocenters. The average Bonchev–Trinajstić information content (AvgIpc) is 3.11. The van der Waals surface area contributed by atoms with E-state index in [-0.39, 0.29) is 12.4 Å². The van der Waals surface area contributed by atoms with Crippen molar-refractivity contribution in [1.82, 2.24) is 9.88 Å². The van der Waals surface area contributed by atoms with Crippen LogP contribution in [0.2, 0.25) is 0 Å². The van der Waals surface area contributed by atoms with Gasteiger partial charge in [-0.1, -0.05) is 13.0 Å². The van der Waals surface area contributed by atoms with E-state index in [0.717, 1.165) is 31.2 Å². The Morgan fingerprint density at radius 2 is 2.35 bits per heavy atom. The summed E-state index contributed by atoms with van der Waals surface area (Å²) in [5.41, 5.74) is 6.16. The van der Waals surface area contributed by atoms with Crippen LogP contribution in [-0.2, 0) is 6.54 Å². The number of hydrogen-bond donors (Lipinski definition) is 1. The summed E-state index contributed by atoms with van der Waals surface area (Å²) in [6, 6.07) is 4.21.